The van der Waals surface area contributed by atoms with Crippen molar-refractivity contribution in [1.82, 2.24) is 19.5 Å². The van der Waals surface area contributed by atoms with Gasteiger partial charge in [0.25, 0.3) is 0 Å². The molecule has 3 heterocycles. The summed E-state index contributed by atoms with van der Waals surface area (Å²) >= 11 is 1.80. The van der Waals surface area contributed by atoms with Crippen LogP contribution in [0.25, 0.3) is 22.3 Å². The van der Waals surface area contributed by atoms with Gasteiger partial charge in [-0.3, -0.25) is 0 Å². The van der Waals surface area contributed by atoms with Gasteiger partial charge in [0.05, 0.1) is 10.7 Å². The molecular weight excluding hydrogens is 535 g/mol. The third kappa shape index (κ3) is 3.65. The molecule has 8 heteroatoms. The molecule has 2 aromatic heterocycles. The SMILES string of the molecule is C#CC1(O)CCC2C3CCc4cc(Oc5nc(F)nc(-c6c7ccccc7c7n6CCS7)n5)ccc4C3CC[C@@]21C. The number of terminal acetylenes is 1. The second-order valence-electron chi connectivity index (χ2n) is 12.3. The average Bonchev–Trinajstić information content (AvgIpc) is 3.64. The van der Waals surface area contributed by atoms with E-state index in [1.54, 1.807) is 11.8 Å². The van der Waals surface area contributed by atoms with Crippen LogP contribution in [-0.2, 0) is 13.0 Å². The van der Waals surface area contributed by atoms with Gasteiger partial charge in [0.15, 0.2) is 5.82 Å². The third-order valence-corrected chi connectivity index (χ3v) is 11.7. The predicted molar refractivity (Wildman–Crippen MR) is 156 cm³/mol. The van der Waals surface area contributed by atoms with Crippen LogP contribution in [0.3, 0.4) is 0 Å². The summed E-state index contributed by atoms with van der Waals surface area (Å²) in [5.74, 6) is 6.01. The Bertz CT molecular complexity index is 1760. The van der Waals surface area contributed by atoms with Crippen molar-refractivity contribution in [2.24, 2.45) is 17.3 Å². The third-order valence-electron chi connectivity index (χ3n) is 10.6. The molecule has 1 N–H and O–H groups in total. The van der Waals surface area contributed by atoms with Crippen molar-refractivity contribution in [2.45, 2.75) is 68.5 Å². The first-order chi connectivity index (χ1) is 19.9. The van der Waals surface area contributed by atoms with Crippen LogP contribution < -0.4 is 4.74 Å². The number of benzene rings is 2. The molecule has 0 amide bonds. The van der Waals surface area contributed by atoms with Gasteiger partial charge in [-0.25, -0.2) is 0 Å². The van der Waals surface area contributed by atoms with Gasteiger partial charge in [-0.2, -0.15) is 14.4 Å². The van der Waals surface area contributed by atoms with Gasteiger partial charge in [-0.1, -0.05) is 43.2 Å². The highest BCUT2D eigenvalue weighted by atomic mass is 32.2. The van der Waals surface area contributed by atoms with Crippen LogP contribution in [0.2, 0.25) is 0 Å². The number of nitrogens with zero attached hydrogens (tertiary/aromatic N) is 4. The molecule has 0 bridgehead atoms. The lowest BCUT2D eigenvalue weighted by Crippen LogP contribution is -2.50. The number of aromatic nitrogens is 4. The molecule has 2 aromatic carbocycles. The summed E-state index contributed by atoms with van der Waals surface area (Å²) < 4.78 is 23.0. The van der Waals surface area contributed by atoms with Crippen LogP contribution in [0, 0.1) is 35.7 Å². The Hall–Kier alpha value is -3.41. The minimum atomic E-state index is -0.995. The lowest BCUT2D eigenvalue weighted by molar-refractivity contribution is -0.0646. The van der Waals surface area contributed by atoms with E-state index in [2.05, 4.69) is 50.6 Å². The summed E-state index contributed by atoms with van der Waals surface area (Å²) in [5, 5.41) is 14.5. The van der Waals surface area contributed by atoms with Gasteiger partial charge in [-0.15, -0.1) is 23.2 Å². The van der Waals surface area contributed by atoms with E-state index in [1.165, 1.54) is 11.1 Å². The number of ether oxygens (including phenoxy) is 1. The van der Waals surface area contributed by atoms with Crippen LogP contribution in [0.15, 0.2) is 47.5 Å². The fraction of sp³-hybridized carbons (Fsp3) is 0.424. The maximum atomic E-state index is 14.8. The minimum absolute atomic E-state index is 0.0422. The molecule has 0 saturated heterocycles. The molecule has 8 rings (SSSR count). The zero-order valence-corrected chi connectivity index (χ0v) is 23.8. The van der Waals surface area contributed by atoms with E-state index >= 15 is 0 Å². The first-order valence-electron chi connectivity index (χ1n) is 14.6. The van der Waals surface area contributed by atoms with Gasteiger partial charge >= 0.3 is 12.1 Å². The zero-order chi connectivity index (χ0) is 27.9. The molecule has 5 atom stereocenters. The molecule has 4 aliphatic rings. The number of hydrogen-bond donors (Lipinski definition) is 1. The second-order valence-corrected chi connectivity index (χ2v) is 13.4. The molecule has 3 aliphatic carbocycles. The van der Waals surface area contributed by atoms with Gasteiger partial charge in [0, 0.05) is 28.5 Å². The van der Waals surface area contributed by atoms with Crippen molar-refractivity contribution in [3.05, 3.63) is 59.7 Å². The molecule has 2 saturated carbocycles. The highest BCUT2D eigenvalue weighted by Crippen LogP contribution is 2.64. The molecule has 0 spiro atoms. The highest BCUT2D eigenvalue weighted by Gasteiger charge is 2.61. The van der Waals surface area contributed by atoms with Crippen molar-refractivity contribution in [3.8, 4) is 35.6 Å². The number of aliphatic hydroxyl groups is 1. The van der Waals surface area contributed by atoms with Gasteiger partial charge < -0.3 is 14.4 Å². The molecule has 0 radical (unpaired) electrons. The van der Waals surface area contributed by atoms with Crippen molar-refractivity contribution in [3.63, 3.8) is 0 Å². The van der Waals surface area contributed by atoms with E-state index in [0.717, 1.165) is 65.9 Å². The number of rotatable bonds is 3. The largest absolute Gasteiger partial charge is 0.424 e. The lowest BCUT2D eigenvalue weighted by Gasteiger charge is -2.52. The van der Waals surface area contributed by atoms with Gasteiger partial charge in [0.2, 0.25) is 0 Å². The quantitative estimate of drug-likeness (QED) is 0.277. The Labute approximate surface area is 242 Å². The average molecular weight is 567 g/mol. The molecule has 6 nitrogen and oxygen atoms in total. The van der Waals surface area contributed by atoms with E-state index < -0.39 is 11.7 Å². The predicted octanol–water partition coefficient (Wildman–Crippen LogP) is 6.75. The Morgan fingerprint density at radius 1 is 1.10 bits per heavy atom. The van der Waals surface area contributed by atoms with E-state index in [0.29, 0.717) is 29.9 Å². The summed E-state index contributed by atoms with van der Waals surface area (Å²) in [6.45, 7) is 3.03. The van der Waals surface area contributed by atoms with E-state index in [9.17, 15) is 9.50 Å². The zero-order valence-electron chi connectivity index (χ0n) is 22.9. The first-order valence-corrected chi connectivity index (χ1v) is 15.5. The van der Waals surface area contributed by atoms with Crippen molar-refractivity contribution in [1.29, 1.82) is 0 Å². The van der Waals surface area contributed by atoms with Crippen molar-refractivity contribution >= 4 is 22.5 Å². The number of halogens is 1. The van der Waals surface area contributed by atoms with E-state index in [1.807, 2.05) is 24.3 Å². The fourth-order valence-electron chi connectivity index (χ4n) is 8.58. The molecule has 208 valence electrons. The number of fused-ring (bicyclic) bond motifs is 8. The maximum absolute atomic E-state index is 14.8. The Morgan fingerprint density at radius 3 is 2.80 bits per heavy atom. The van der Waals surface area contributed by atoms with Crippen LogP contribution in [0.5, 0.6) is 11.8 Å². The summed E-state index contributed by atoms with van der Waals surface area (Å²) in [6.07, 6.45) is 10.6. The second kappa shape index (κ2) is 9.04. The standard InChI is InChI=1S/C33H31FN4O2S/c1-3-33(39)15-13-26-23-10-8-19-18-20(9-11-21(19)22(23)12-14-32(26,33)2)40-31-36-28(35-30(34)37-31)27-24-6-4-5-7-25(24)29-38(27)16-17-41-29/h1,4-7,9,11,18,22-23,26,39H,8,10,12-17H2,2H3/t22?,23?,26?,32-,33?/m0/s1. The van der Waals surface area contributed by atoms with Crippen molar-refractivity contribution in [2.75, 3.05) is 5.75 Å². The Kier molecular flexibility index (Phi) is 5.58. The summed E-state index contributed by atoms with van der Waals surface area (Å²) in [7, 11) is 0. The fourth-order valence-corrected chi connectivity index (χ4v) is 9.72. The molecule has 4 aromatic rings. The Balaban J connectivity index is 1.09. The molecule has 41 heavy (non-hydrogen) atoms. The first kappa shape index (κ1) is 25.3. The topological polar surface area (TPSA) is 73.1 Å². The van der Waals surface area contributed by atoms with Crippen LogP contribution >= 0.6 is 11.8 Å². The molecule has 1 aliphatic heterocycles. The highest BCUT2D eigenvalue weighted by molar-refractivity contribution is 7.99. The maximum Gasteiger partial charge on any atom is 0.328 e. The molecule has 2 fully saturated rings. The smallest absolute Gasteiger partial charge is 0.328 e. The number of hydrogen-bond acceptors (Lipinski definition) is 6. The van der Waals surface area contributed by atoms with Gasteiger partial charge in [0.1, 0.15) is 11.4 Å². The van der Waals surface area contributed by atoms with Crippen LogP contribution in [0.1, 0.15) is 56.1 Å². The number of aryl methyl sites for hydroxylation is 1. The minimum Gasteiger partial charge on any atom is -0.424 e. The van der Waals surface area contributed by atoms with Crippen LogP contribution in [0.4, 0.5) is 4.39 Å². The summed E-state index contributed by atoms with van der Waals surface area (Å²) in [4.78, 5) is 12.6. The van der Waals surface area contributed by atoms with E-state index in [4.69, 9.17) is 11.2 Å². The normalized spacial score (nSPS) is 29.9. The van der Waals surface area contributed by atoms with Crippen molar-refractivity contribution < 1.29 is 14.2 Å². The van der Waals surface area contributed by atoms with Gasteiger partial charge in [-0.05, 0) is 79.5 Å². The summed E-state index contributed by atoms with van der Waals surface area (Å²) in [6, 6.07) is 14.2. The van der Waals surface area contributed by atoms with E-state index in [-0.39, 0.29) is 17.2 Å². The molecule has 4 unspecified atom stereocenters. The van der Waals surface area contributed by atoms with Crippen LogP contribution in [-0.4, -0.2) is 36.0 Å². The molecular formula is C33H31FN4O2S. The lowest BCUT2D eigenvalue weighted by atomic mass is 9.53. The monoisotopic (exact) mass is 566 g/mol. The number of thioether (sulfide) groups is 1. The summed E-state index contributed by atoms with van der Waals surface area (Å²) in [5.41, 5.74) is 2.22. The Morgan fingerprint density at radius 2 is 1.95 bits per heavy atom.